The van der Waals surface area contributed by atoms with Gasteiger partial charge < -0.3 is 4.74 Å². The van der Waals surface area contributed by atoms with Gasteiger partial charge in [-0.05, 0) is 50.6 Å². The maximum absolute atomic E-state index is 13.4. The summed E-state index contributed by atoms with van der Waals surface area (Å²) < 4.78 is 5.17. The van der Waals surface area contributed by atoms with Crippen LogP contribution in [0.1, 0.15) is 26.2 Å². The molecule has 6 nitrogen and oxygen atoms in total. The SMILES string of the molecule is CCOC(=O)[C@@H]1CCCN([C@H]2CC(=O)N(c3ccccc3Sc3ccccc3)C2=O)C1. The Morgan fingerprint density at radius 1 is 1.10 bits per heavy atom. The number of anilines is 1. The van der Waals surface area contributed by atoms with Gasteiger partial charge in [-0.3, -0.25) is 19.3 Å². The molecule has 162 valence electrons. The van der Waals surface area contributed by atoms with E-state index >= 15 is 0 Å². The standard InChI is InChI=1S/C24H26N2O4S/c1-2-30-24(29)17-9-8-14-25(16-17)20-15-22(27)26(23(20)28)19-12-6-7-13-21(19)31-18-10-4-3-5-11-18/h3-7,10-13,17,20H,2,8-9,14-16H2,1H3/t17-,20+/m1/s1. The Balaban J connectivity index is 1.53. The second-order valence-electron chi connectivity index (χ2n) is 7.76. The number of benzene rings is 2. The van der Waals surface area contributed by atoms with Gasteiger partial charge in [0.15, 0.2) is 0 Å². The van der Waals surface area contributed by atoms with E-state index in [1.54, 1.807) is 6.92 Å². The maximum Gasteiger partial charge on any atom is 0.310 e. The Bertz CT molecular complexity index is 965. The quantitative estimate of drug-likeness (QED) is 0.506. The smallest absolute Gasteiger partial charge is 0.310 e. The van der Waals surface area contributed by atoms with Crippen LogP contribution in [0, 0.1) is 5.92 Å². The number of para-hydroxylation sites is 1. The highest BCUT2D eigenvalue weighted by atomic mass is 32.2. The summed E-state index contributed by atoms with van der Waals surface area (Å²) in [6.45, 7) is 3.30. The summed E-state index contributed by atoms with van der Waals surface area (Å²) in [7, 11) is 0. The summed E-state index contributed by atoms with van der Waals surface area (Å²) in [6.07, 6.45) is 1.70. The number of carbonyl (C=O) groups excluding carboxylic acids is 3. The molecule has 0 unspecified atom stereocenters. The van der Waals surface area contributed by atoms with Crippen molar-refractivity contribution < 1.29 is 19.1 Å². The van der Waals surface area contributed by atoms with Crippen molar-refractivity contribution in [2.75, 3.05) is 24.6 Å². The van der Waals surface area contributed by atoms with Crippen molar-refractivity contribution in [1.82, 2.24) is 4.90 Å². The number of hydrogen-bond acceptors (Lipinski definition) is 6. The molecule has 2 fully saturated rings. The van der Waals surface area contributed by atoms with Gasteiger partial charge in [-0.15, -0.1) is 0 Å². The molecule has 0 spiro atoms. The van der Waals surface area contributed by atoms with Gasteiger partial charge >= 0.3 is 5.97 Å². The third kappa shape index (κ3) is 4.67. The molecule has 2 saturated heterocycles. The average molecular weight is 439 g/mol. The zero-order valence-corrected chi connectivity index (χ0v) is 18.3. The number of amides is 2. The number of carbonyl (C=O) groups is 3. The van der Waals surface area contributed by atoms with Crippen LogP contribution in [0.4, 0.5) is 5.69 Å². The van der Waals surface area contributed by atoms with Crippen molar-refractivity contribution >= 4 is 35.2 Å². The van der Waals surface area contributed by atoms with Crippen LogP contribution in [-0.2, 0) is 19.1 Å². The van der Waals surface area contributed by atoms with E-state index in [1.165, 1.54) is 16.7 Å². The highest BCUT2D eigenvalue weighted by Gasteiger charge is 2.45. The average Bonchev–Trinajstić information content (AvgIpc) is 3.09. The van der Waals surface area contributed by atoms with E-state index in [0.29, 0.717) is 25.4 Å². The van der Waals surface area contributed by atoms with Crippen molar-refractivity contribution in [2.24, 2.45) is 5.92 Å². The van der Waals surface area contributed by atoms with Crippen LogP contribution in [-0.4, -0.2) is 48.4 Å². The Labute approximate surface area is 186 Å². The first-order chi connectivity index (χ1) is 15.1. The number of nitrogens with zero attached hydrogens (tertiary/aromatic N) is 2. The molecule has 7 heteroatoms. The van der Waals surface area contributed by atoms with E-state index in [4.69, 9.17) is 4.74 Å². The van der Waals surface area contributed by atoms with Crippen LogP contribution < -0.4 is 4.90 Å². The minimum Gasteiger partial charge on any atom is -0.466 e. The monoisotopic (exact) mass is 438 g/mol. The zero-order chi connectivity index (χ0) is 21.8. The fraction of sp³-hybridized carbons (Fsp3) is 0.375. The van der Waals surface area contributed by atoms with Crippen molar-refractivity contribution in [3.8, 4) is 0 Å². The lowest BCUT2D eigenvalue weighted by atomic mass is 9.96. The van der Waals surface area contributed by atoms with Crippen LogP contribution in [0.3, 0.4) is 0 Å². The summed E-state index contributed by atoms with van der Waals surface area (Å²) >= 11 is 1.53. The molecule has 0 aliphatic carbocycles. The lowest BCUT2D eigenvalue weighted by Crippen LogP contribution is -2.48. The van der Waals surface area contributed by atoms with Crippen molar-refractivity contribution in [3.63, 3.8) is 0 Å². The largest absolute Gasteiger partial charge is 0.466 e. The molecule has 0 N–H and O–H groups in total. The Morgan fingerprint density at radius 3 is 2.61 bits per heavy atom. The fourth-order valence-corrected chi connectivity index (χ4v) is 5.20. The van der Waals surface area contributed by atoms with E-state index < -0.39 is 6.04 Å². The molecule has 0 bridgehead atoms. The second kappa shape index (κ2) is 9.66. The van der Waals surface area contributed by atoms with Crippen molar-refractivity contribution in [3.05, 3.63) is 54.6 Å². The number of rotatable bonds is 6. The van der Waals surface area contributed by atoms with Gasteiger partial charge in [-0.25, -0.2) is 4.90 Å². The van der Waals surface area contributed by atoms with Gasteiger partial charge in [-0.2, -0.15) is 0 Å². The molecule has 4 rings (SSSR count). The number of ether oxygens (including phenoxy) is 1. The van der Waals surface area contributed by atoms with Crippen LogP contribution in [0.2, 0.25) is 0 Å². The van der Waals surface area contributed by atoms with E-state index in [0.717, 1.165) is 22.6 Å². The summed E-state index contributed by atoms with van der Waals surface area (Å²) in [4.78, 5) is 43.7. The van der Waals surface area contributed by atoms with Gasteiger partial charge in [0, 0.05) is 16.3 Å². The third-order valence-electron chi connectivity index (χ3n) is 5.71. The highest BCUT2D eigenvalue weighted by molar-refractivity contribution is 7.99. The molecule has 2 atom stereocenters. The fourth-order valence-electron chi connectivity index (χ4n) is 4.24. The molecular formula is C24H26N2O4S. The minimum absolute atomic E-state index is 0.138. The van der Waals surface area contributed by atoms with E-state index in [2.05, 4.69) is 0 Å². The highest BCUT2D eigenvalue weighted by Crippen LogP contribution is 2.38. The number of esters is 1. The normalized spacial score (nSPS) is 22.0. The van der Waals surface area contributed by atoms with Crippen LogP contribution in [0.25, 0.3) is 0 Å². The van der Waals surface area contributed by atoms with Gasteiger partial charge in [0.25, 0.3) is 5.91 Å². The van der Waals surface area contributed by atoms with E-state index in [1.807, 2.05) is 59.5 Å². The molecule has 2 heterocycles. The van der Waals surface area contributed by atoms with E-state index in [9.17, 15) is 14.4 Å². The molecule has 2 aromatic rings. The topological polar surface area (TPSA) is 66.9 Å². The summed E-state index contributed by atoms with van der Waals surface area (Å²) in [5.41, 5.74) is 0.618. The molecule has 0 saturated carbocycles. The molecule has 31 heavy (non-hydrogen) atoms. The molecule has 2 aromatic carbocycles. The minimum atomic E-state index is -0.528. The van der Waals surface area contributed by atoms with Gasteiger partial charge in [-0.1, -0.05) is 42.1 Å². The third-order valence-corrected chi connectivity index (χ3v) is 6.79. The zero-order valence-electron chi connectivity index (χ0n) is 17.5. The number of hydrogen-bond donors (Lipinski definition) is 0. The molecule has 2 aliphatic heterocycles. The summed E-state index contributed by atoms with van der Waals surface area (Å²) in [5.74, 6) is -0.873. The predicted molar refractivity (Wildman–Crippen MR) is 119 cm³/mol. The lowest BCUT2D eigenvalue weighted by Gasteiger charge is -2.34. The molecule has 0 radical (unpaired) electrons. The summed E-state index contributed by atoms with van der Waals surface area (Å²) in [6, 6.07) is 16.9. The Hall–Kier alpha value is -2.64. The van der Waals surface area contributed by atoms with Crippen LogP contribution in [0.5, 0.6) is 0 Å². The lowest BCUT2D eigenvalue weighted by molar-refractivity contribution is -0.150. The number of piperidine rings is 1. The first kappa shape index (κ1) is 21.6. The Morgan fingerprint density at radius 2 is 1.84 bits per heavy atom. The van der Waals surface area contributed by atoms with Crippen LogP contribution in [0.15, 0.2) is 64.4 Å². The molecular weight excluding hydrogens is 412 g/mol. The second-order valence-corrected chi connectivity index (χ2v) is 8.87. The van der Waals surface area contributed by atoms with Gasteiger partial charge in [0.05, 0.1) is 30.7 Å². The van der Waals surface area contributed by atoms with E-state index in [-0.39, 0.29) is 30.1 Å². The van der Waals surface area contributed by atoms with Crippen LogP contribution >= 0.6 is 11.8 Å². The first-order valence-corrected chi connectivity index (χ1v) is 11.5. The molecule has 0 aromatic heterocycles. The first-order valence-electron chi connectivity index (χ1n) is 10.7. The van der Waals surface area contributed by atoms with Crippen molar-refractivity contribution in [2.45, 2.75) is 42.0 Å². The van der Waals surface area contributed by atoms with Gasteiger partial charge in [0.2, 0.25) is 5.91 Å². The predicted octanol–water partition coefficient (Wildman–Crippen LogP) is 3.74. The number of imide groups is 1. The van der Waals surface area contributed by atoms with Crippen molar-refractivity contribution in [1.29, 1.82) is 0 Å². The van der Waals surface area contributed by atoms with Gasteiger partial charge in [0.1, 0.15) is 0 Å². The Kier molecular flexibility index (Phi) is 6.73. The number of likely N-dealkylation sites (tertiary alicyclic amines) is 1. The maximum atomic E-state index is 13.4. The molecule has 2 aliphatic rings. The molecule has 2 amide bonds. The summed E-state index contributed by atoms with van der Waals surface area (Å²) in [5, 5.41) is 0.